The second-order valence-corrected chi connectivity index (χ2v) is 8.35. The van der Waals surface area contributed by atoms with Gasteiger partial charge in [0.25, 0.3) is 11.7 Å². The van der Waals surface area contributed by atoms with Crippen LogP contribution in [-0.4, -0.2) is 30.5 Å². The Morgan fingerprint density at radius 2 is 1.79 bits per heavy atom. The number of rotatable bonds is 6. The first-order chi connectivity index (χ1) is 16.3. The number of ketones is 1. The van der Waals surface area contributed by atoms with Crippen LogP contribution in [0.15, 0.2) is 72.3 Å². The van der Waals surface area contributed by atoms with Crippen LogP contribution in [0.25, 0.3) is 5.76 Å². The van der Waals surface area contributed by atoms with Gasteiger partial charge in [0.1, 0.15) is 17.3 Å². The molecule has 8 heteroatoms. The van der Waals surface area contributed by atoms with E-state index in [0.29, 0.717) is 39.4 Å². The van der Waals surface area contributed by atoms with Gasteiger partial charge >= 0.3 is 0 Å². The summed E-state index contributed by atoms with van der Waals surface area (Å²) in [5.41, 5.74) is 1.24. The summed E-state index contributed by atoms with van der Waals surface area (Å²) in [6, 6.07) is 17.4. The maximum Gasteiger partial charge on any atom is 0.300 e. The van der Waals surface area contributed by atoms with E-state index in [4.69, 9.17) is 32.7 Å². The van der Waals surface area contributed by atoms with Crippen molar-refractivity contribution in [3.05, 3.63) is 93.5 Å². The third kappa shape index (κ3) is 4.34. The van der Waals surface area contributed by atoms with Gasteiger partial charge in [-0.15, -0.1) is 0 Å². The largest absolute Gasteiger partial charge is 0.507 e. The summed E-state index contributed by atoms with van der Waals surface area (Å²) in [4.78, 5) is 27.9. The van der Waals surface area contributed by atoms with E-state index in [-0.39, 0.29) is 16.9 Å². The molecule has 3 aromatic carbocycles. The smallest absolute Gasteiger partial charge is 0.300 e. The second-order valence-electron chi connectivity index (χ2n) is 7.50. The van der Waals surface area contributed by atoms with Crippen molar-refractivity contribution in [2.24, 2.45) is 0 Å². The molecular weight excluding hydrogens is 477 g/mol. The van der Waals surface area contributed by atoms with E-state index in [0.717, 1.165) is 0 Å². The Bertz CT molecular complexity index is 1300. The van der Waals surface area contributed by atoms with Crippen molar-refractivity contribution in [3.8, 4) is 11.5 Å². The first-order valence-electron chi connectivity index (χ1n) is 10.5. The van der Waals surface area contributed by atoms with Gasteiger partial charge in [-0.1, -0.05) is 41.4 Å². The molecule has 1 saturated heterocycles. The molecule has 4 rings (SSSR count). The van der Waals surface area contributed by atoms with E-state index in [2.05, 4.69) is 0 Å². The van der Waals surface area contributed by atoms with Crippen molar-refractivity contribution in [1.82, 2.24) is 0 Å². The van der Waals surface area contributed by atoms with E-state index in [1.165, 1.54) is 18.1 Å². The lowest BCUT2D eigenvalue weighted by molar-refractivity contribution is -0.132. The molecule has 0 saturated carbocycles. The molecular formula is C26H21Cl2NO5. The van der Waals surface area contributed by atoms with Gasteiger partial charge in [0, 0.05) is 16.3 Å². The van der Waals surface area contributed by atoms with Crippen molar-refractivity contribution in [3.63, 3.8) is 0 Å². The molecule has 1 aliphatic rings. The van der Waals surface area contributed by atoms with Crippen LogP contribution in [0.1, 0.15) is 24.1 Å². The predicted octanol–water partition coefficient (Wildman–Crippen LogP) is 6.03. The number of carbonyl (C=O) groups excluding carboxylic acids is 2. The lowest BCUT2D eigenvalue weighted by Gasteiger charge is -2.26. The molecule has 0 aliphatic carbocycles. The van der Waals surface area contributed by atoms with Gasteiger partial charge < -0.3 is 14.6 Å². The number of amides is 1. The molecule has 1 fully saturated rings. The van der Waals surface area contributed by atoms with E-state index in [1.807, 2.05) is 6.92 Å². The van der Waals surface area contributed by atoms with Crippen LogP contribution < -0.4 is 14.4 Å². The Labute approximate surface area is 206 Å². The van der Waals surface area contributed by atoms with E-state index >= 15 is 0 Å². The lowest BCUT2D eigenvalue weighted by atomic mass is 9.95. The highest BCUT2D eigenvalue weighted by Gasteiger charge is 2.47. The fraction of sp³-hybridized carbons (Fsp3) is 0.154. The van der Waals surface area contributed by atoms with Gasteiger partial charge in [-0.2, -0.15) is 0 Å². The van der Waals surface area contributed by atoms with Crippen LogP contribution in [-0.2, 0) is 9.59 Å². The molecule has 6 nitrogen and oxygen atoms in total. The molecule has 34 heavy (non-hydrogen) atoms. The highest BCUT2D eigenvalue weighted by molar-refractivity contribution is 6.51. The van der Waals surface area contributed by atoms with E-state index in [1.54, 1.807) is 60.7 Å². The number of aliphatic hydroxyl groups is 1. The van der Waals surface area contributed by atoms with Crippen LogP contribution in [0.2, 0.25) is 10.0 Å². The minimum atomic E-state index is -0.916. The number of hydrogen-bond donors (Lipinski definition) is 1. The molecule has 1 N–H and O–H groups in total. The molecule has 0 bridgehead atoms. The van der Waals surface area contributed by atoms with Gasteiger partial charge in [0.15, 0.2) is 0 Å². The average molecular weight is 498 g/mol. The zero-order valence-electron chi connectivity index (χ0n) is 18.4. The maximum atomic E-state index is 13.3. The number of hydrogen-bond acceptors (Lipinski definition) is 5. The zero-order chi connectivity index (χ0) is 24.4. The number of anilines is 1. The van der Waals surface area contributed by atoms with Crippen molar-refractivity contribution < 1.29 is 24.2 Å². The number of Topliss-reactive ketones (excluding diaryl/α,β-unsaturated/α-hetero) is 1. The first kappa shape index (κ1) is 23.7. The standard InChI is InChI=1S/C26H21Cl2NO5/c1-3-34-19-9-4-6-15(12-19)23-22(24(30)16-10-11-20(28)21(13-16)33-2)25(31)26(32)29(23)18-8-5-7-17(27)14-18/h4-14,23,30H,3H2,1-2H3/b24-22+. The maximum absolute atomic E-state index is 13.3. The number of ether oxygens (including phenoxy) is 2. The van der Waals surface area contributed by atoms with Crippen LogP contribution in [0.3, 0.4) is 0 Å². The summed E-state index contributed by atoms with van der Waals surface area (Å²) >= 11 is 12.3. The summed E-state index contributed by atoms with van der Waals surface area (Å²) in [5, 5.41) is 12.0. The molecule has 3 aromatic rings. The van der Waals surface area contributed by atoms with Crippen LogP contribution in [0.5, 0.6) is 11.5 Å². The molecule has 0 radical (unpaired) electrons. The van der Waals surface area contributed by atoms with Gasteiger partial charge in [0.05, 0.1) is 30.4 Å². The van der Waals surface area contributed by atoms with Crippen molar-refractivity contribution in [2.75, 3.05) is 18.6 Å². The summed E-state index contributed by atoms with van der Waals surface area (Å²) in [7, 11) is 1.45. The van der Waals surface area contributed by atoms with Gasteiger partial charge in [-0.05, 0) is 61.0 Å². The molecule has 0 spiro atoms. The molecule has 1 aliphatic heterocycles. The summed E-state index contributed by atoms with van der Waals surface area (Å²) in [6.45, 7) is 2.31. The van der Waals surface area contributed by atoms with Crippen molar-refractivity contribution in [2.45, 2.75) is 13.0 Å². The molecule has 1 unspecified atom stereocenters. The Kier molecular flexibility index (Phi) is 6.82. The Morgan fingerprint density at radius 1 is 1.03 bits per heavy atom. The normalized spacial score (nSPS) is 17.2. The fourth-order valence-corrected chi connectivity index (χ4v) is 4.32. The first-order valence-corrected chi connectivity index (χ1v) is 11.2. The van der Waals surface area contributed by atoms with Gasteiger partial charge in [0.2, 0.25) is 0 Å². The molecule has 174 valence electrons. The highest BCUT2D eigenvalue weighted by atomic mass is 35.5. The average Bonchev–Trinajstić information content (AvgIpc) is 3.10. The predicted molar refractivity (Wildman–Crippen MR) is 132 cm³/mol. The number of halogens is 2. The van der Waals surface area contributed by atoms with E-state index < -0.39 is 17.7 Å². The SMILES string of the molecule is CCOc1cccc(C2/C(=C(\O)c3ccc(Cl)c(OC)c3)C(=O)C(=O)N2c2cccc(Cl)c2)c1. The number of nitrogens with zero attached hydrogens (tertiary/aromatic N) is 1. The number of benzene rings is 3. The molecule has 0 aromatic heterocycles. The quantitative estimate of drug-likeness (QED) is 0.255. The van der Waals surface area contributed by atoms with Crippen LogP contribution in [0, 0.1) is 0 Å². The Balaban J connectivity index is 1.95. The zero-order valence-corrected chi connectivity index (χ0v) is 19.9. The minimum absolute atomic E-state index is 0.0667. The summed E-state index contributed by atoms with van der Waals surface area (Å²) in [5.74, 6) is -1.05. The van der Waals surface area contributed by atoms with Gasteiger partial charge in [-0.25, -0.2) is 0 Å². The highest BCUT2D eigenvalue weighted by Crippen LogP contribution is 2.43. The fourth-order valence-electron chi connectivity index (χ4n) is 3.94. The molecule has 1 heterocycles. The summed E-state index contributed by atoms with van der Waals surface area (Å²) in [6.07, 6.45) is 0. The monoisotopic (exact) mass is 497 g/mol. The van der Waals surface area contributed by atoms with Crippen LogP contribution in [0.4, 0.5) is 5.69 Å². The molecule has 1 atom stereocenters. The third-order valence-corrected chi connectivity index (χ3v) is 5.99. The second kappa shape index (κ2) is 9.79. The van der Waals surface area contributed by atoms with E-state index in [9.17, 15) is 14.7 Å². The van der Waals surface area contributed by atoms with Crippen molar-refractivity contribution in [1.29, 1.82) is 0 Å². The third-order valence-electron chi connectivity index (χ3n) is 5.44. The lowest BCUT2D eigenvalue weighted by Crippen LogP contribution is -2.29. The van der Waals surface area contributed by atoms with Crippen molar-refractivity contribution >= 4 is 46.3 Å². The number of aliphatic hydroxyl groups excluding tert-OH is 1. The Hall–Kier alpha value is -3.48. The minimum Gasteiger partial charge on any atom is -0.507 e. The topological polar surface area (TPSA) is 76.1 Å². The number of methoxy groups -OCH3 is 1. The van der Waals surface area contributed by atoms with Crippen LogP contribution >= 0.6 is 23.2 Å². The molecule has 1 amide bonds. The summed E-state index contributed by atoms with van der Waals surface area (Å²) < 4.78 is 10.9. The van der Waals surface area contributed by atoms with Gasteiger partial charge in [-0.3, -0.25) is 14.5 Å². The number of carbonyl (C=O) groups is 2. The Morgan fingerprint density at radius 3 is 2.50 bits per heavy atom.